The third kappa shape index (κ3) is 3.74. The van der Waals surface area contributed by atoms with Gasteiger partial charge in [-0.3, -0.25) is 0 Å². The van der Waals surface area contributed by atoms with Crippen LogP contribution in [-0.2, 0) is 0 Å². The lowest BCUT2D eigenvalue weighted by Crippen LogP contribution is -2.11. The van der Waals surface area contributed by atoms with Gasteiger partial charge in [0, 0.05) is 5.56 Å². The first-order chi connectivity index (χ1) is 8.10. The largest absolute Gasteiger partial charge is 0.493 e. The van der Waals surface area contributed by atoms with Crippen LogP contribution in [-0.4, -0.2) is 11.7 Å². The van der Waals surface area contributed by atoms with Gasteiger partial charge in [0.15, 0.2) is 0 Å². The molecular weight excluding hydrogens is 212 g/mol. The second-order valence-electron chi connectivity index (χ2n) is 4.69. The van der Waals surface area contributed by atoms with E-state index in [1.165, 1.54) is 0 Å². The monoisotopic (exact) mass is 236 g/mol. The molecule has 0 radical (unpaired) electrons. The molecule has 0 aliphatic carbocycles. The van der Waals surface area contributed by atoms with Crippen molar-refractivity contribution in [2.75, 3.05) is 6.61 Å². The zero-order valence-corrected chi connectivity index (χ0v) is 11.4. The topological polar surface area (TPSA) is 29.5 Å². The van der Waals surface area contributed by atoms with Crippen LogP contribution in [0.15, 0.2) is 18.2 Å². The quantitative estimate of drug-likeness (QED) is 0.812. The molecule has 0 aromatic heterocycles. The highest BCUT2D eigenvalue weighted by molar-refractivity contribution is 5.38. The Morgan fingerprint density at radius 3 is 2.59 bits per heavy atom. The lowest BCUT2D eigenvalue weighted by molar-refractivity contribution is 0.108. The summed E-state index contributed by atoms with van der Waals surface area (Å²) in [6, 6.07) is 6.00. The van der Waals surface area contributed by atoms with Gasteiger partial charge < -0.3 is 9.84 Å². The van der Waals surface area contributed by atoms with Crippen molar-refractivity contribution in [3.8, 4) is 5.75 Å². The maximum absolute atomic E-state index is 10.4. The Morgan fingerprint density at radius 1 is 1.29 bits per heavy atom. The number of hydrogen-bond acceptors (Lipinski definition) is 2. The predicted octanol–water partition coefficient (Wildman–Crippen LogP) is 3.86. The third-order valence-corrected chi connectivity index (χ3v) is 3.07. The lowest BCUT2D eigenvalue weighted by Gasteiger charge is -2.21. The van der Waals surface area contributed by atoms with Crippen LogP contribution in [0.3, 0.4) is 0 Å². The first kappa shape index (κ1) is 14.0. The van der Waals surface area contributed by atoms with E-state index < -0.39 is 6.10 Å². The van der Waals surface area contributed by atoms with Gasteiger partial charge >= 0.3 is 0 Å². The Morgan fingerprint density at radius 2 is 2.00 bits per heavy atom. The van der Waals surface area contributed by atoms with E-state index in [0.29, 0.717) is 6.61 Å². The van der Waals surface area contributed by atoms with E-state index >= 15 is 0 Å². The number of hydrogen-bond donors (Lipinski definition) is 1. The fourth-order valence-corrected chi connectivity index (χ4v) is 2.11. The van der Waals surface area contributed by atoms with Crippen LogP contribution in [0.25, 0.3) is 0 Å². The molecule has 2 unspecified atom stereocenters. The smallest absolute Gasteiger partial charge is 0.125 e. The molecular formula is C15H24O2. The fraction of sp³-hybridized carbons (Fsp3) is 0.600. The molecule has 17 heavy (non-hydrogen) atoms. The van der Waals surface area contributed by atoms with Crippen molar-refractivity contribution in [3.63, 3.8) is 0 Å². The standard InChI is InChI=1S/C15H24O2/c1-5-7-12(4)15(16)13-10-11(3)8-9-14(13)17-6-2/h8-10,12,15-16H,5-7H2,1-4H3. The van der Waals surface area contributed by atoms with Crippen LogP contribution < -0.4 is 4.74 Å². The zero-order chi connectivity index (χ0) is 12.8. The van der Waals surface area contributed by atoms with Crippen molar-refractivity contribution in [1.29, 1.82) is 0 Å². The average molecular weight is 236 g/mol. The van der Waals surface area contributed by atoms with Gasteiger partial charge in [-0.15, -0.1) is 0 Å². The second kappa shape index (κ2) is 6.65. The molecule has 1 N–H and O–H groups in total. The normalized spacial score (nSPS) is 14.4. The summed E-state index contributed by atoms with van der Waals surface area (Å²) in [4.78, 5) is 0. The van der Waals surface area contributed by atoms with Gasteiger partial charge in [0.25, 0.3) is 0 Å². The SMILES string of the molecule is CCCC(C)C(O)c1cc(C)ccc1OCC. The molecule has 0 bridgehead atoms. The molecule has 2 nitrogen and oxygen atoms in total. The van der Waals surface area contributed by atoms with Crippen molar-refractivity contribution in [3.05, 3.63) is 29.3 Å². The van der Waals surface area contributed by atoms with Crippen LogP contribution in [0.4, 0.5) is 0 Å². The zero-order valence-electron chi connectivity index (χ0n) is 11.4. The summed E-state index contributed by atoms with van der Waals surface area (Å²) in [5.74, 6) is 1.08. The summed E-state index contributed by atoms with van der Waals surface area (Å²) < 4.78 is 5.58. The molecule has 0 aliphatic rings. The van der Waals surface area contributed by atoms with Crippen molar-refractivity contribution in [1.82, 2.24) is 0 Å². The molecule has 0 amide bonds. The summed E-state index contributed by atoms with van der Waals surface area (Å²) in [5.41, 5.74) is 2.08. The molecule has 1 rings (SSSR count). The minimum Gasteiger partial charge on any atom is -0.493 e. The highest BCUT2D eigenvalue weighted by Crippen LogP contribution is 2.32. The van der Waals surface area contributed by atoms with E-state index in [0.717, 1.165) is 29.7 Å². The predicted molar refractivity (Wildman–Crippen MR) is 71.4 cm³/mol. The van der Waals surface area contributed by atoms with Crippen LogP contribution >= 0.6 is 0 Å². The second-order valence-corrected chi connectivity index (χ2v) is 4.69. The molecule has 2 heteroatoms. The van der Waals surface area contributed by atoms with E-state index in [9.17, 15) is 5.11 Å². The number of aryl methyl sites for hydroxylation is 1. The highest BCUT2D eigenvalue weighted by Gasteiger charge is 2.19. The molecule has 2 atom stereocenters. The molecule has 0 saturated carbocycles. The molecule has 0 heterocycles. The van der Waals surface area contributed by atoms with E-state index in [1.54, 1.807) is 0 Å². The Bertz CT molecular complexity index is 347. The Labute approximate surface area is 105 Å². The summed E-state index contributed by atoms with van der Waals surface area (Å²) in [5, 5.41) is 10.4. The average Bonchev–Trinajstić information content (AvgIpc) is 2.31. The summed E-state index contributed by atoms with van der Waals surface area (Å²) in [7, 11) is 0. The fourth-order valence-electron chi connectivity index (χ4n) is 2.11. The summed E-state index contributed by atoms with van der Waals surface area (Å²) in [6.45, 7) is 8.86. The number of ether oxygens (including phenoxy) is 1. The molecule has 96 valence electrons. The van der Waals surface area contributed by atoms with Crippen molar-refractivity contribution < 1.29 is 9.84 Å². The number of benzene rings is 1. The van der Waals surface area contributed by atoms with E-state index in [1.807, 2.05) is 32.0 Å². The maximum Gasteiger partial charge on any atom is 0.125 e. The number of rotatable bonds is 6. The van der Waals surface area contributed by atoms with E-state index in [-0.39, 0.29) is 5.92 Å². The van der Waals surface area contributed by atoms with Gasteiger partial charge in [0.05, 0.1) is 12.7 Å². The van der Waals surface area contributed by atoms with Gasteiger partial charge in [-0.25, -0.2) is 0 Å². The van der Waals surface area contributed by atoms with Crippen molar-refractivity contribution in [2.24, 2.45) is 5.92 Å². The Balaban J connectivity index is 2.96. The van der Waals surface area contributed by atoms with Crippen LogP contribution in [0.5, 0.6) is 5.75 Å². The van der Waals surface area contributed by atoms with Crippen LogP contribution in [0, 0.1) is 12.8 Å². The molecule has 1 aromatic rings. The number of aliphatic hydroxyl groups is 1. The molecule has 1 aromatic carbocycles. The first-order valence-corrected chi connectivity index (χ1v) is 6.51. The Hall–Kier alpha value is -1.02. The van der Waals surface area contributed by atoms with Crippen molar-refractivity contribution in [2.45, 2.75) is 46.6 Å². The first-order valence-electron chi connectivity index (χ1n) is 6.51. The van der Waals surface area contributed by atoms with Gasteiger partial charge in [0.2, 0.25) is 0 Å². The molecule has 0 spiro atoms. The minimum atomic E-state index is -0.434. The van der Waals surface area contributed by atoms with Crippen LogP contribution in [0.1, 0.15) is 50.8 Å². The maximum atomic E-state index is 10.4. The summed E-state index contributed by atoms with van der Waals surface area (Å²) >= 11 is 0. The molecule has 0 aliphatic heterocycles. The summed E-state index contributed by atoms with van der Waals surface area (Å²) in [6.07, 6.45) is 1.69. The van der Waals surface area contributed by atoms with Gasteiger partial charge in [-0.2, -0.15) is 0 Å². The van der Waals surface area contributed by atoms with Gasteiger partial charge in [-0.1, -0.05) is 31.9 Å². The highest BCUT2D eigenvalue weighted by atomic mass is 16.5. The third-order valence-electron chi connectivity index (χ3n) is 3.07. The Kier molecular flexibility index (Phi) is 5.49. The van der Waals surface area contributed by atoms with Gasteiger partial charge in [0.1, 0.15) is 5.75 Å². The number of aliphatic hydroxyl groups excluding tert-OH is 1. The van der Waals surface area contributed by atoms with Gasteiger partial charge in [-0.05, 0) is 38.3 Å². The minimum absolute atomic E-state index is 0.265. The molecule has 0 saturated heterocycles. The van der Waals surface area contributed by atoms with E-state index in [2.05, 4.69) is 13.8 Å². The van der Waals surface area contributed by atoms with Crippen LogP contribution in [0.2, 0.25) is 0 Å². The van der Waals surface area contributed by atoms with E-state index in [4.69, 9.17) is 4.74 Å². The lowest BCUT2D eigenvalue weighted by atomic mass is 9.92. The van der Waals surface area contributed by atoms with Crippen molar-refractivity contribution >= 4 is 0 Å². The molecule has 0 fully saturated rings.